The molecule has 0 unspecified atom stereocenters. The first-order chi connectivity index (χ1) is 11.4. The van der Waals surface area contributed by atoms with E-state index in [-0.39, 0.29) is 24.6 Å². The fourth-order valence-corrected chi connectivity index (χ4v) is 1.68. The minimum Gasteiger partial charge on any atom is -0.466 e. The fourth-order valence-electron chi connectivity index (χ4n) is 1.68. The van der Waals surface area contributed by atoms with Crippen LogP contribution in [0.3, 0.4) is 0 Å². The molecule has 7 heteroatoms. The minimum absolute atomic E-state index is 0.00970. The Morgan fingerprint density at radius 3 is 2.29 bits per heavy atom. The van der Waals surface area contributed by atoms with Crippen LogP contribution in [0.5, 0.6) is 0 Å². The Morgan fingerprint density at radius 2 is 1.71 bits per heavy atom. The normalized spacial score (nSPS) is 11.8. The van der Waals surface area contributed by atoms with Crippen LogP contribution in [-0.4, -0.2) is 37.7 Å². The van der Waals surface area contributed by atoms with Crippen molar-refractivity contribution in [3.05, 3.63) is 42.5 Å². The number of urea groups is 1. The van der Waals surface area contributed by atoms with Crippen LogP contribution in [0.1, 0.15) is 13.8 Å². The number of anilines is 1. The van der Waals surface area contributed by atoms with E-state index in [1.165, 1.54) is 7.11 Å². The zero-order valence-corrected chi connectivity index (χ0v) is 13.9. The number of amides is 2. The molecule has 0 fully saturated rings. The Hall–Kier alpha value is -2.83. The van der Waals surface area contributed by atoms with E-state index < -0.39 is 11.9 Å². The number of hydrogen-bond acceptors (Lipinski definition) is 5. The van der Waals surface area contributed by atoms with Gasteiger partial charge in [0.15, 0.2) is 0 Å². The SMILES string of the molecule is COC(=O)/C=C/C(=O)OC[C@@H](NC(=O)Nc1ccccc1)C(C)C. The number of para-hydroxylation sites is 1. The number of methoxy groups -OCH3 is 1. The highest BCUT2D eigenvalue weighted by atomic mass is 16.5. The van der Waals surface area contributed by atoms with Gasteiger partial charge in [-0.3, -0.25) is 0 Å². The van der Waals surface area contributed by atoms with Crippen molar-refractivity contribution in [3.8, 4) is 0 Å². The molecule has 0 aliphatic heterocycles. The van der Waals surface area contributed by atoms with E-state index in [9.17, 15) is 14.4 Å². The summed E-state index contributed by atoms with van der Waals surface area (Å²) in [6.07, 6.45) is 1.95. The van der Waals surface area contributed by atoms with Gasteiger partial charge < -0.3 is 20.1 Å². The number of nitrogens with one attached hydrogen (secondary N) is 2. The van der Waals surface area contributed by atoms with Gasteiger partial charge in [-0.05, 0) is 18.1 Å². The Labute approximate surface area is 141 Å². The van der Waals surface area contributed by atoms with Crippen molar-refractivity contribution in [2.24, 2.45) is 5.92 Å². The largest absolute Gasteiger partial charge is 0.466 e. The molecule has 2 N–H and O–H groups in total. The van der Waals surface area contributed by atoms with Gasteiger partial charge in [-0.25, -0.2) is 14.4 Å². The van der Waals surface area contributed by atoms with E-state index in [2.05, 4.69) is 15.4 Å². The first-order valence-electron chi connectivity index (χ1n) is 7.47. The van der Waals surface area contributed by atoms with Crippen LogP contribution in [0.2, 0.25) is 0 Å². The van der Waals surface area contributed by atoms with Gasteiger partial charge in [0.05, 0.1) is 13.2 Å². The minimum atomic E-state index is -0.684. The zero-order chi connectivity index (χ0) is 17.9. The van der Waals surface area contributed by atoms with Gasteiger partial charge in [-0.2, -0.15) is 0 Å². The average Bonchev–Trinajstić information content (AvgIpc) is 2.56. The molecule has 130 valence electrons. The van der Waals surface area contributed by atoms with E-state index in [1.807, 2.05) is 32.0 Å². The van der Waals surface area contributed by atoms with Gasteiger partial charge in [0, 0.05) is 17.8 Å². The van der Waals surface area contributed by atoms with Crippen LogP contribution in [0.15, 0.2) is 42.5 Å². The van der Waals surface area contributed by atoms with E-state index in [0.717, 1.165) is 12.2 Å². The van der Waals surface area contributed by atoms with Crippen molar-refractivity contribution >= 4 is 23.7 Å². The number of hydrogen-bond donors (Lipinski definition) is 2. The van der Waals surface area contributed by atoms with Gasteiger partial charge in [0.25, 0.3) is 0 Å². The van der Waals surface area contributed by atoms with Crippen LogP contribution in [-0.2, 0) is 19.1 Å². The van der Waals surface area contributed by atoms with Crippen LogP contribution < -0.4 is 10.6 Å². The molecule has 24 heavy (non-hydrogen) atoms. The Bertz CT molecular complexity index is 584. The number of ether oxygens (including phenoxy) is 2. The molecular formula is C17H22N2O5. The lowest BCUT2D eigenvalue weighted by atomic mass is 10.1. The van der Waals surface area contributed by atoms with E-state index in [0.29, 0.717) is 5.69 Å². The van der Waals surface area contributed by atoms with Crippen molar-refractivity contribution in [1.82, 2.24) is 5.32 Å². The second-order valence-electron chi connectivity index (χ2n) is 5.30. The number of carbonyl (C=O) groups is 3. The molecule has 0 spiro atoms. The molecule has 1 aromatic carbocycles. The van der Waals surface area contributed by atoms with Crippen molar-refractivity contribution < 1.29 is 23.9 Å². The molecule has 0 aliphatic rings. The van der Waals surface area contributed by atoms with Crippen molar-refractivity contribution in [2.45, 2.75) is 19.9 Å². The van der Waals surface area contributed by atoms with Gasteiger partial charge in [-0.15, -0.1) is 0 Å². The van der Waals surface area contributed by atoms with Crippen molar-refractivity contribution in [3.63, 3.8) is 0 Å². The lowest BCUT2D eigenvalue weighted by Gasteiger charge is -2.22. The molecule has 0 saturated carbocycles. The summed E-state index contributed by atoms with van der Waals surface area (Å²) in [5, 5.41) is 5.45. The monoisotopic (exact) mass is 334 g/mol. The standard InChI is InChI=1S/C17H22N2O5/c1-12(2)14(11-24-16(21)10-9-15(20)23-3)19-17(22)18-13-7-5-4-6-8-13/h4-10,12,14H,11H2,1-3H3,(H2,18,19,22)/b10-9+/t14-/m1/s1. The van der Waals surface area contributed by atoms with E-state index in [1.54, 1.807) is 12.1 Å². The van der Waals surface area contributed by atoms with E-state index in [4.69, 9.17) is 4.74 Å². The maximum absolute atomic E-state index is 12.0. The summed E-state index contributed by atoms with van der Waals surface area (Å²) in [6.45, 7) is 3.78. The molecule has 0 aliphatic carbocycles. The molecular weight excluding hydrogens is 312 g/mol. The highest BCUT2D eigenvalue weighted by Crippen LogP contribution is 2.07. The van der Waals surface area contributed by atoms with Crippen molar-refractivity contribution in [1.29, 1.82) is 0 Å². The van der Waals surface area contributed by atoms with Gasteiger partial charge in [0.2, 0.25) is 0 Å². The zero-order valence-electron chi connectivity index (χ0n) is 13.9. The van der Waals surface area contributed by atoms with Gasteiger partial charge >= 0.3 is 18.0 Å². The third-order valence-electron chi connectivity index (χ3n) is 3.11. The molecule has 0 saturated heterocycles. The molecule has 0 heterocycles. The third kappa shape index (κ3) is 7.44. The lowest BCUT2D eigenvalue weighted by molar-refractivity contribution is -0.140. The number of carbonyl (C=O) groups excluding carboxylic acids is 3. The summed E-state index contributed by atoms with van der Waals surface area (Å²) in [4.78, 5) is 34.4. The molecule has 1 aromatic rings. The van der Waals surface area contributed by atoms with E-state index >= 15 is 0 Å². The molecule has 1 atom stereocenters. The smallest absolute Gasteiger partial charge is 0.331 e. The van der Waals surface area contributed by atoms with Gasteiger partial charge in [-0.1, -0.05) is 32.0 Å². The topological polar surface area (TPSA) is 93.7 Å². The van der Waals surface area contributed by atoms with Crippen LogP contribution in [0.4, 0.5) is 10.5 Å². The lowest BCUT2D eigenvalue weighted by Crippen LogP contribution is -2.44. The van der Waals surface area contributed by atoms with Crippen LogP contribution >= 0.6 is 0 Å². The van der Waals surface area contributed by atoms with Gasteiger partial charge in [0.1, 0.15) is 6.61 Å². The second kappa shape index (κ2) is 10.0. The highest BCUT2D eigenvalue weighted by Gasteiger charge is 2.18. The summed E-state index contributed by atoms with van der Waals surface area (Å²) in [7, 11) is 1.21. The maximum atomic E-state index is 12.0. The summed E-state index contributed by atoms with van der Waals surface area (Å²) < 4.78 is 9.41. The molecule has 2 amide bonds. The second-order valence-corrected chi connectivity index (χ2v) is 5.30. The van der Waals surface area contributed by atoms with Crippen LogP contribution in [0, 0.1) is 5.92 Å². The van der Waals surface area contributed by atoms with Crippen molar-refractivity contribution in [2.75, 3.05) is 19.0 Å². The first kappa shape index (κ1) is 19.2. The Balaban J connectivity index is 2.49. The quantitative estimate of drug-likeness (QED) is 0.588. The van der Waals surface area contributed by atoms with Crippen LogP contribution in [0.25, 0.3) is 0 Å². The summed E-state index contributed by atoms with van der Waals surface area (Å²) in [6, 6.07) is 8.24. The molecule has 0 aromatic heterocycles. The fraction of sp³-hybridized carbons (Fsp3) is 0.353. The molecule has 0 radical (unpaired) electrons. The first-order valence-corrected chi connectivity index (χ1v) is 7.47. The number of benzene rings is 1. The predicted molar refractivity (Wildman–Crippen MR) is 89.3 cm³/mol. The number of rotatable bonds is 7. The average molecular weight is 334 g/mol. The molecule has 0 bridgehead atoms. The Kier molecular flexibility index (Phi) is 8.04. The predicted octanol–water partition coefficient (Wildman–Crippen LogP) is 2.11. The molecule has 7 nitrogen and oxygen atoms in total. The summed E-state index contributed by atoms with van der Waals surface area (Å²) >= 11 is 0. The maximum Gasteiger partial charge on any atom is 0.331 e. The molecule has 1 rings (SSSR count). The highest BCUT2D eigenvalue weighted by molar-refractivity contribution is 5.91. The number of esters is 2. The Morgan fingerprint density at radius 1 is 1.08 bits per heavy atom. The summed E-state index contributed by atoms with van der Waals surface area (Å²) in [5.74, 6) is -1.28. The summed E-state index contributed by atoms with van der Waals surface area (Å²) in [5.41, 5.74) is 0.663. The third-order valence-corrected chi connectivity index (χ3v) is 3.11.